The van der Waals surface area contributed by atoms with E-state index in [2.05, 4.69) is 34.5 Å². The molecule has 1 aliphatic rings. The zero-order valence-corrected chi connectivity index (χ0v) is 12.5. The molecule has 3 rings (SSSR count). The van der Waals surface area contributed by atoms with Gasteiger partial charge >= 0.3 is 0 Å². The Morgan fingerprint density at radius 2 is 1.76 bits per heavy atom. The average Bonchev–Trinajstić information content (AvgIpc) is 2.53. The molecule has 0 unspecified atom stereocenters. The van der Waals surface area contributed by atoms with Gasteiger partial charge in [-0.25, -0.2) is 4.39 Å². The van der Waals surface area contributed by atoms with Gasteiger partial charge in [0.2, 0.25) is 0 Å². The Hall–Kier alpha value is -1.74. The monoisotopic (exact) mass is 304 g/mol. The lowest BCUT2D eigenvalue weighted by Crippen LogP contribution is -2.39. The molecule has 1 heterocycles. The predicted octanol–water partition coefficient (Wildman–Crippen LogP) is 4.56. The van der Waals surface area contributed by atoms with Crippen LogP contribution in [0, 0.1) is 5.82 Å². The second-order valence-corrected chi connectivity index (χ2v) is 5.77. The van der Waals surface area contributed by atoms with Crippen LogP contribution in [0.4, 0.5) is 15.8 Å². The normalized spacial score (nSPS) is 16.0. The molecule has 2 nitrogen and oxygen atoms in total. The second kappa shape index (κ2) is 6.35. The van der Waals surface area contributed by atoms with Crippen molar-refractivity contribution in [1.82, 2.24) is 0 Å². The first kappa shape index (κ1) is 14.2. The molecule has 4 heteroatoms. The average molecular weight is 305 g/mol. The lowest BCUT2D eigenvalue weighted by atomic mass is 10.0. The van der Waals surface area contributed by atoms with Crippen molar-refractivity contribution < 1.29 is 4.39 Å². The number of halogens is 2. The van der Waals surface area contributed by atoms with Crippen LogP contribution in [0.25, 0.3) is 0 Å². The first-order valence-corrected chi connectivity index (χ1v) is 7.62. The lowest BCUT2D eigenvalue weighted by molar-refractivity contribution is 0.526. The summed E-state index contributed by atoms with van der Waals surface area (Å²) in [7, 11) is 0. The van der Waals surface area contributed by atoms with Crippen LogP contribution in [-0.2, 0) is 0 Å². The van der Waals surface area contributed by atoms with Gasteiger partial charge in [0.25, 0.3) is 0 Å². The molecular formula is C17H18ClFN2. The van der Waals surface area contributed by atoms with Gasteiger partial charge in [0.1, 0.15) is 5.82 Å². The van der Waals surface area contributed by atoms with Gasteiger partial charge in [-0.3, -0.25) is 0 Å². The molecule has 0 aliphatic carbocycles. The third-order valence-electron chi connectivity index (χ3n) is 3.90. The Morgan fingerprint density at radius 1 is 1.05 bits per heavy atom. The third-order valence-corrected chi connectivity index (χ3v) is 4.23. The maximum atomic E-state index is 13.3. The topological polar surface area (TPSA) is 15.3 Å². The van der Waals surface area contributed by atoms with Crippen molar-refractivity contribution in [2.75, 3.05) is 23.3 Å². The van der Waals surface area contributed by atoms with Crippen LogP contribution in [-0.4, -0.2) is 19.1 Å². The van der Waals surface area contributed by atoms with E-state index in [4.69, 9.17) is 11.6 Å². The number of rotatable bonds is 3. The fraction of sp³-hybridized carbons (Fsp3) is 0.294. The highest BCUT2D eigenvalue weighted by Crippen LogP contribution is 2.26. The smallest absolute Gasteiger partial charge is 0.125 e. The summed E-state index contributed by atoms with van der Waals surface area (Å²) in [5.74, 6) is -0.261. The third kappa shape index (κ3) is 3.48. The van der Waals surface area contributed by atoms with Crippen LogP contribution >= 0.6 is 11.6 Å². The van der Waals surface area contributed by atoms with Gasteiger partial charge in [-0.05, 0) is 43.2 Å². The quantitative estimate of drug-likeness (QED) is 0.894. The lowest BCUT2D eigenvalue weighted by Gasteiger charge is -2.34. The van der Waals surface area contributed by atoms with E-state index in [1.165, 1.54) is 17.8 Å². The number of para-hydroxylation sites is 1. The van der Waals surface area contributed by atoms with Crippen molar-refractivity contribution in [2.24, 2.45) is 0 Å². The Bertz CT molecular complexity index is 595. The Morgan fingerprint density at radius 3 is 2.48 bits per heavy atom. The van der Waals surface area contributed by atoms with Gasteiger partial charge in [-0.2, -0.15) is 0 Å². The van der Waals surface area contributed by atoms with Gasteiger partial charge in [0.15, 0.2) is 0 Å². The van der Waals surface area contributed by atoms with E-state index in [9.17, 15) is 4.39 Å². The predicted molar refractivity (Wildman–Crippen MR) is 86.7 cm³/mol. The molecule has 1 aliphatic heterocycles. The van der Waals surface area contributed by atoms with Gasteiger partial charge in [-0.15, -0.1) is 0 Å². The van der Waals surface area contributed by atoms with E-state index in [1.807, 2.05) is 6.07 Å². The van der Waals surface area contributed by atoms with E-state index >= 15 is 0 Å². The van der Waals surface area contributed by atoms with Gasteiger partial charge in [0.05, 0.1) is 10.7 Å². The summed E-state index contributed by atoms with van der Waals surface area (Å²) in [5.41, 5.74) is 1.95. The van der Waals surface area contributed by atoms with E-state index in [1.54, 1.807) is 6.07 Å². The van der Waals surface area contributed by atoms with E-state index in [0.717, 1.165) is 25.9 Å². The number of piperidine rings is 1. The highest BCUT2D eigenvalue weighted by molar-refractivity contribution is 6.33. The minimum Gasteiger partial charge on any atom is -0.381 e. The van der Waals surface area contributed by atoms with Crippen molar-refractivity contribution >= 4 is 23.0 Å². The van der Waals surface area contributed by atoms with Crippen LogP contribution in [0.2, 0.25) is 5.02 Å². The van der Waals surface area contributed by atoms with E-state index in [-0.39, 0.29) is 5.82 Å². The maximum Gasteiger partial charge on any atom is 0.125 e. The fourth-order valence-corrected chi connectivity index (χ4v) is 2.92. The molecule has 1 N–H and O–H groups in total. The highest BCUT2D eigenvalue weighted by Gasteiger charge is 2.19. The van der Waals surface area contributed by atoms with E-state index < -0.39 is 0 Å². The zero-order valence-electron chi connectivity index (χ0n) is 11.7. The van der Waals surface area contributed by atoms with Crippen molar-refractivity contribution in [3.8, 4) is 0 Å². The first-order chi connectivity index (χ1) is 10.2. The standard InChI is InChI=1S/C17H18ClFN2/c18-16-7-6-13(19)12-17(16)20-14-8-10-21(11-9-14)15-4-2-1-3-5-15/h1-7,12,14,20H,8-11H2. The number of nitrogens with one attached hydrogen (secondary N) is 1. The first-order valence-electron chi connectivity index (χ1n) is 7.24. The molecule has 21 heavy (non-hydrogen) atoms. The van der Waals surface area contributed by atoms with Crippen molar-refractivity contribution in [3.63, 3.8) is 0 Å². The molecule has 1 fully saturated rings. The molecule has 1 saturated heterocycles. The molecule has 0 spiro atoms. The van der Waals surface area contributed by atoms with Crippen LogP contribution in [0.3, 0.4) is 0 Å². The van der Waals surface area contributed by atoms with E-state index in [0.29, 0.717) is 16.8 Å². The summed E-state index contributed by atoms with van der Waals surface area (Å²) in [6.07, 6.45) is 2.03. The number of hydrogen-bond donors (Lipinski definition) is 1. The molecule has 0 bridgehead atoms. The summed E-state index contributed by atoms with van der Waals surface area (Å²) in [6.45, 7) is 1.99. The van der Waals surface area contributed by atoms with Crippen LogP contribution in [0.15, 0.2) is 48.5 Å². The van der Waals surface area contributed by atoms with Crippen LogP contribution in [0.1, 0.15) is 12.8 Å². The Balaban J connectivity index is 1.60. The Kier molecular flexibility index (Phi) is 4.30. The van der Waals surface area contributed by atoms with Crippen molar-refractivity contribution in [3.05, 3.63) is 59.4 Å². The molecule has 110 valence electrons. The van der Waals surface area contributed by atoms with Gasteiger partial charge < -0.3 is 10.2 Å². The van der Waals surface area contributed by atoms with Gasteiger partial charge in [0, 0.05) is 24.8 Å². The zero-order chi connectivity index (χ0) is 14.7. The fourth-order valence-electron chi connectivity index (χ4n) is 2.75. The molecule has 2 aromatic carbocycles. The SMILES string of the molecule is Fc1ccc(Cl)c(NC2CCN(c3ccccc3)CC2)c1. The minimum atomic E-state index is -0.261. The van der Waals surface area contributed by atoms with Crippen molar-refractivity contribution in [1.29, 1.82) is 0 Å². The summed E-state index contributed by atoms with van der Waals surface area (Å²) in [5, 5.41) is 3.93. The number of hydrogen-bond acceptors (Lipinski definition) is 2. The van der Waals surface area contributed by atoms with Gasteiger partial charge in [-0.1, -0.05) is 29.8 Å². The molecule has 0 atom stereocenters. The molecule has 0 saturated carbocycles. The van der Waals surface area contributed by atoms with Crippen molar-refractivity contribution in [2.45, 2.75) is 18.9 Å². The summed E-state index contributed by atoms with van der Waals surface area (Å²) in [6, 6.07) is 15.2. The molecule has 0 aromatic heterocycles. The van der Waals surface area contributed by atoms with Crippen LogP contribution in [0.5, 0.6) is 0 Å². The summed E-state index contributed by atoms with van der Waals surface area (Å²) in [4.78, 5) is 2.38. The summed E-state index contributed by atoms with van der Waals surface area (Å²) >= 11 is 6.10. The Labute approximate surface area is 129 Å². The number of anilines is 2. The maximum absolute atomic E-state index is 13.3. The minimum absolute atomic E-state index is 0.261. The molecule has 0 amide bonds. The summed E-state index contributed by atoms with van der Waals surface area (Å²) < 4.78 is 13.3. The van der Waals surface area contributed by atoms with Crippen LogP contribution < -0.4 is 10.2 Å². The molecule has 2 aromatic rings. The second-order valence-electron chi connectivity index (χ2n) is 5.37. The highest BCUT2D eigenvalue weighted by atomic mass is 35.5. The molecule has 0 radical (unpaired) electrons. The number of nitrogens with zero attached hydrogens (tertiary/aromatic N) is 1. The molecular weight excluding hydrogens is 287 g/mol. The largest absolute Gasteiger partial charge is 0.381 e. The number of benzene rings is 2.